The number of aliphatic imine (C=N–C) groups is 1. The quantitative estimate of drug-likeness (QED) is 0.222. The van der Waals surface area contributed by atoms with E-state index in [1.807, 2.05) is 0 Å². The van der Waals surface area contributed by atoms with E-state index in [0.29, 0.717) is 19.8 Å². The Morgan fingerprint density at radius 2 is 1.96 bits per heavy atom. The van der Waals surface area contributed by atoms with E-state index in [0.717, 1.165) is 43.5 Å². The summed E-state index contributed by atoms with van der Waals surface area (Å²) in [6, 6.07) is 6.22. The van der Waals surface area contributed by atoms with Crippen LogP contribution in [0, 0.1) is 6.92 Å². The zero-order valence-corrected chi connectivity index (χ0v) is 19.1. The lowest BCUT2D eigenvalue weighted by Crippen LogP contribution is -2.40. The summed E-state index contributed by atoms with van der Waals surface area (Å²) in [6.45, 7) is 11.7. The van der Waals surface area contributed by atoms with Crippen molar-refractivity contribution in [3.63, 3.8) is 0 Å². The van der Waals surface area contributed by atoms with Gasteiger partial charge in [0.1, 0.15) is 12.4 Å². The lowest BCUT2D eigenvalue weighted by atomic mass is 10.1. The molecular formula is C19H35IN4O2. The molecule has 0 heterocycles. The number of methoxy groups -OCH3 is 1. The van der Waals surface area contributed by atoms with E-state index >= 15 is 0 Å². The van der Waals surface area contributed by atoms with Crippen molar-refractivity contribution in [3.05, 3.63) is 29.3 Å². The third kappa shape index (κ3) is 10.2. The Hall–Kier alpha value is -1.06. The van der Waals surface area contributed by atoms with Crippen molar-refractivity contribution in [3.8, 4) is 5.75 Å². The molecule has 0 saturated carbocycles. The van der Waals surface area contributed by atoms with Crippen LogP contribution in [0.3, 0.4) is 0 Å². The number of nitrogens with zero attached hydrogens (tertiary/aromatic N) is 2. The predicted octanol–water partition coefficient (Wildman–Crippen LogP) is 2.65. The Bertz CT molecular complexity index is 526. The first-order valence-electron chi connectivity index (χ1n) is 9.02. The van der Waals surface area contributed by atoms with Crippen LogP contribution in [0.2, 0.25) is 0 Å². The third-order valence-corrected chi connectivity index (χ3v) is 3.85. The van der Waals surface area contributed by atoms with Crippen molar-refractivity contribution >= 4 is 29.9 Å². The third-order valence-electron chi connectivity index (χ3n) is 3.85. The smallest absolute Gasteiger partial charge is 0.191 e. The van der Waals surface area contributed by atoms with Crippen LogP contribution >= 0.6 is 24.0 Å². The Balaban J connectivity index is 0.00000625. The summed E-state index contributed by atoms with van der Waals surface area (Å²) in [7, 11) is 3.79. The molecule has 0 unspecified atom stereocenters. The average Bonchev–Trinajstić information content (AvgIpc) is 2.60. The number of aryl methyl sites for hydroxylation is 1. The number of halogens is 1. The second-order valence-corrected chi connectivity index (χ2v) is 5.97. The Labute approximate surface area is 175 Å². The van der Waals surface area contributed by atoms with Crippen LogP contribution in [-0.2, 0) is 11.3 Å². The van der Waals surface area contributed by atoms with E-state index in [9.17, 15) is 0 Å². The number of guanidine groups is 1. The minimum atomic E-state index is 0. The molecule has 0 aliphatic rings. The van der Waals surface area contributed by atoms with Gasteiger partial charge in [0.15, 0.2) is 5.96 Å². The molecule has 0 saturated heterocycles. The summed E-state index contributed by atoms with van der Waals surface area (Å²) in [5.74, 6) is 1.71. The summed E-state index contributed by atoms with van der Waals surface area (Å²) in [5.41, 5.74) is 2.25. The van der Waals surface area contributed by atoms with Gasteiger partial charge in [-0.1, -0.05) is 19.1 Å². The minimum Gasteiger partial charge on any atom is -0.491 e. The van der Waals surface area contributed by atoms with Gasteiger partial charge in [-0.3, -0.25) is 0 Å². The van der Waals surface area contributed by atoms with Gasteiger partial charge in [-0.15, -0.1) is 24.0 Å². The van der Waals surface area contributed by atoms with Gasteiger partial charge >= 0.3 is 0 Å². The van der Waals surface area contributed by atoms with Gasteiger partial charge in [-0.05, 0) is 39.1 Å². The molecule has 26 heavy (non-hydrogen) atoms. The van der Waals surface area contributed by atoms with E-state index in [1.54, 1.807) is 7.11 Å². The standard InChI is InChI=1S/C19H34N4O2.HI/c1-6-20-19(21-10-11-23(4)7-2)22-15-17-9-8-16(3)14-18(17)25-13-12-24-5;/h8-9,14H,6-7,10-13,15H2,1-5H3,(H2,20,21,22);1H. The normalized spacial score (nSPS) is 11.2. The average molecular weight is 478 g/mol. The molecule has 0 amide bonds. The first kappa shape index (κ1) is 24.9. The van der Waals surface area contributed by atoms with Crippen LogP contribution in [0.15, 0.2) is 23.2 Å². The lowest BCUT2D eigenvalue weighted by molar-refractivity contribution is 0.145. The number of rotatable bonds is 11. The van der Waals surface area contributed by atoms with E-state index in [4.69, 9.17) is 9.47 Å². The van der Waals surface area contributed by atoms with Gasteiger partial charge in [0.2, 0.25) is 0 Å². The van der Waals surface area contributed by atoms with Crippen molar-refractivity contribution in [2.24, 2.45) is 4.99 Å². The summed E-state index contributed by atoms with van der Waals surface area (Å²) in [6.07, 6.45) is 0. The highest BCUT2D eigenvalue weighted by molar-refractivity contribution is 14.0. The molecule has 150 valence electrons. The lowest BCUT2D eigenvalue weighted by Gasteiger charge is -2.16. The van der Waals surface area contributed by atoms with Crippen LogP contribution in [-0.4, -0.2) is 64.4 Å². The predicted molar refractivity (Wildman–Crippen MR) is 120 cm³/mol. The highest BCUT2D eigenvalue weighted by atomic mass is 127. The molecule has 1 aromatic rings. The molecule has 0 spiro atoms. The molecular weight excluding hydrogens is 443 g/mol. The van der Waals surface area contributed by atoms with Crippen molar-refractivity contribution in [1.82, 2.24) is 15.5 Å². The minimum absolute atomic E-state index is 0. The highest BCUT2D eigenvalue weighted by Crippen LogP contribution is 2.21. The fourth-order valence-corrected chi connectivity index (χ4v) is 2.19. The maximum Gasteiger partial charge on any atom is 0.191 e. The molecule has 0 fully saturated rings. The first-order chi connectivity index (χ1) is 12.1. The van der Waals surface area contributed by atoms with Crippen molar-refractivity contribution in [2.45, 2.75) is 27.3 Å². The van der Waals surface area contributed by atoms with Crippen molar-refractivity contribution < 1.29 is 9.47 Å². The van der Waals surface area contributed by atoms with Gasteiger partial charge in [-0.2, -0.15) is 0 Å². The summed E-state index contributed by atoms with van der Waals surface area (Å²) in [4.78, 5) is 6.95. The topological polar surface area (TPSA) is 58.1 Å². The van der Waals surface area contributed by atoms with E-state index < -0.39 is 0 Å². The largest absolute Gasteiger partial charge is 0.491 e. The molecule has 1 aromatic carbocycles. The molecule has 0 aliphatic carbocycles. The van der Waals surface area contributed by atoms with Crippen LogP contribution in [0.5, 0.6) is 5.75 Å². The number of hydrogen-bond donors (Lipinski definition) is 2. The van der Waals surface area contributed by atoms with Gasteiger partial charge in [0, 0.05) is 32.3 Å². The van der Waals surface area contributed by atoms with E-state index in [2.05, 4.69) is 66.5 Å². The summed E-state index contributed by atoms with van der Waals surface area (Å²) >= 11 is 0. The van der Waals surface area contributed by atoms with E-state index in [1.165, 1.54) is 5.56 Å². The second kappa shape index (κ2) is 15.0. The Morgan fingerprint density at radius 3 is 2.62 bits per heavy atom. The van der Waals surface area contributed by atoms with Crippen LogP contribution < -0.4 is 15.4 Å². The maximum absolute atomic E-state index is 5.84. The molecule has 1 rings (SSSR count). The van der Waals surface area contributed by atoms with Gasteiger partial charge in [-0.25, -0.2) is 4.99 Å². The molecule has 0 bridgehead atoms. The summed E-state index contributed by atoms with van der Waals surface area (Å²) in [5, 5.41) is 6.66. The fourth-order valence-electron chi connectivity index (χ4n) is 2.19. The summed E-state index contributed by atoms with van der Waals surface area (Å²) < 4.78 is 10.9. The molecule has 0 aromatic heterocycles. The fraction of sp³-hybridized carbons (Fsp3) is 0.632. The van der Waals surface area contributed by atoms with E-state index in [-0.39, 0.29) is 24.0 Å². The first-order valence-corrected chi connectivity index (χ1v) is 9.02. The van der Waals surface area contributed by atoms with Crippen LogP contribution in [0.25, 0.3) is 0 Å². The van der Waals surface area contributed by atoms with Gasteiger partial charge in [0.05, 0.1) is 13.2 Å². The SMILES string of the molecule is CCNC(=NCc1ccc(C)cc1OCCOC)NCCN(C)CC.I. The zero-order chi connectivity index (χ0) is 18.5. The second-order valence-electron chi connectivity index (χ2n) is 5.97. The number of ether oxygens (including phenoxy) is 2. The molecule has 0 atom stereocenters. The Morgan fingerprint density at radius 1 is 1.19 bits per heavy atom. The monoisotopic (exact) mass is 478 g/mol. The molecule has 7 heteroatoms. The number of nitrogens with one attached hydrogen (secondary N) is 2. The van der Waals surface area contributed by atoms with Gasteiger partial charge in [0.25, 0.3) is 0 Å². The number of likely N-dealkylation sites (N-methyl/N-ethyl adjacent to an activating group) is 1. The molecule has 2 N–H and O–H groups in total. The van der Waals surface area contributed by atoms with Crippen LogP contribution in [0.1, 0.15) is 25.0 Å². The maximum atomic E-state index is 5.84. The molecule has 0 aliphatic heterocycles. The zero-order valence-electron chi connectivity index (χ0n) is 16.8. The highest BCUT2D eigenvalue weighted by Gasteiger charge is 2.05. The molecule has 0 radical (unpaired) electrons. The molecule has 6 nitrogen and oxygen atoms in total. The number of benzene rings is 1. The van der Waals surface area contributed by atoms with Crippen LogP contribution in [0.4, 0.5) is 0 Å². The van der Waals surface area contributed by atoms with Gasteiger partial charge < -0.3 is 25.0 Å². The van der Waals surface area contributed by atoms with Crippen molar-refractivity contribution in [2.75, 3.05) is 53.6 Å². The van der Waals surface area contributed by atoms with Crippen molar-refractivity contribution in [1.29, 1.82) is 0 Å². The number of hydrogen-bond acceptors (Lipinski definition) is 4. The Kier molecular flexibility index (Phi) is 14.4.